The molecule has 28 heavy (non-hydrogen) atoms. The molecule has 0 bridgehead atoms. The number of rotatable bonds is 7. The Bertz CT molecular complexity index is 1040. The number of aliphatic hydroxyl groups excluding tert-OH is 1. The molecule has 0 aliphatic heterocycles. The Labute approximate surface area is 163 Å². The molecule has 1 heterocycles. The zero-order chi connectivity index (χ0) is 20.1. The first-order chi connectivity index (χ1) is 13.5. The maximum absolute atomic E-state index is 12.6. The van der Waals surface area contributed by atoms with Gasteiger partial charge in [-0.1, -0.05) is 24.3 Å². The highest BCUT2D eigenvalue weighted by atomic mass is 16.5. The van der Waals surface area contributed by atoms with Crippen LogP contribution >= 0.6 is 0 Å². The van der Waals surface area contributed by atoms with Crippen molar-refractivity contribution in [1.29, 1.82) is 0 Å². The van der Waals surface area contributed by atoms with E-state index in [0.29, 0.717) is 29.3 Å². The number of methoxy groups -OCH3 is 1. The fourth-order valence-corrected chi connectivity index (χ4v) is 3.23. The highest BCUT2D eigenvalue weighted by Crippen LogP contribution is 2.22. The van der Waals surface area contributed by atoms with Crippen LogP contribution in [0.4, 0.5) is 5.69 Å². The number of fused-ring (bicyclic) bond motifs is 1. The third-order valence-corrected chi connectivity index (χ3v) is 4.57. The first-order valence-corrected chi connectivity index (χ1v) is 9.21. The zero-order valence-electron chi connectivity index (χ0n) is 16.0. The monoisotopic (exact) mass is 380 g/mol. The number of para-hydroxylation sites is 1. The standard InChI is InChI=1S/C22H24N2O4/c1-15(25)14-24-13-12-17-18(22(24)27)7-5-8-19(17)23-21(26)11-10-16-6-3-4-9-20(16)28-2/h3-9,12-13,15,25H,10-11,14H2,1-2H3,(H,23,26). The summed E-state index contributed by atoms with van der Waals surface area (Å²) in [4.78, 5) is 25.1. The molecule has 1 amide bonds. The number of benzene rings is 2. The highest BCUT2D eigenvalue weighted by Gasteiger charge is 2.11. The number of aliphatic hydroxyl groups is 1. The molecule has 0 saturated carbocycles. The van der Waals surface area contributed by atoms with Crippen molar-refractivity contribution in [1.82, 2.24) is 4.57 Å². The van der Waals surface area contributed by atoms with Crippen LogP contribution in [0, 0.1) is 0 Å². The number of pyridine rings is 1. The summed E-state index contributed by atoms with van der Waals surface area (Å²) in [6.45, 7) is 1.86. The van der Waals surface area contributed by atoms with Crippen LogP contribution in [-0.2, 0) is 17.8 Å². The topological polar surface area (TPSA) is 80.6 Å². The second-order valence-corrected chi connectivity index (χ2v) is 6.75. The molecule has 146 valence electrons. The minimum absolute atomic E-state index is 0.133. The Hall–Kier alpha value is -3.12. The number of nitrogens with zero attached hydrogens (tertiary/aromatic N) is 1. The number of nitrogens with one attached hydrogen (secondary N) is 1. The quantitative estimate of drug-likeness (QED) is 0.660. The molecule has 6 heteroatoms. The van der Waals surface area contributed by atoms with E-state index < -0.39 is 6.10 Å². The molecule has 3 aromatic rings. The molecule has 3 rings (SSSR count). The first-order valence-electron chi connectivity index (χ1n) is 9.21. The number of aryl methyl sites for hydroxylation is 1. The SMILES string of the molecule is COc1ccccc1CCC(=O)Nc1cccc2c(=O)n(CC(C)O)ccc12. The van der Waals surface area contributed by atoms with Crippen molar-refractivity contribution in [2.45, 2.75) is 32.4 Å². The fourth-order valence-electron chi connectivity index (χ4n) is 3.23. The number of amides is 1. The van der Waals surface area contributed by atoms with Gasteiger partial charge in [-0.3, -0.25) is 9.59 Å². The second kappa shape index (κ2) is 8.71. The van der Waals surface area contributed by atoms with Gasteiger partial charge in [0.05, 0.1) is 19.8 Å². The summed E-state index contributed by atoms with van der Waals surface area (Å²) in [5.41, 5.74) is 1.38. The van der Waals surface area contributed by atoms with Crippen molar-refractivity contribution in [3.8, 4) is 5.75 Å². The van der Waals surface area contributed by atoms with Crippen LogP contribution in [0.3, 0.4) is 0 Å². The van der Waals surface area contributed by atoms with Crippen molar-refractivity contribution in [2.24, 2.45) is 0 Å². The molecule has 1 atom stereocenters. The predicted octanol–water partition coefficient (Wildman–Crippen LogP) is 2.96. The van der Waals surface area contributed by atoms with E-state index in [1.54, 1.807) is 44.5 Å². The van der Waals surface area contributed by atoms with E-state index in [4.69, 9.17) is 4.74 Å². The second-order valence-electron chi connectivity index (χ2n) is 6.75. The lowest BCUT2D eigenvalue weighted by Crippen LogP contribution is -2.25. The highest BCUT2D eigenvalue weighted by molar-refractivity contribution is 6.01. The van der Waals surface area contributed by atoms with E-state index in [0.717, 1.165) is 11.3 Å². The number of hydrogen-bond donors (Lipinski definition) is 2. The smallest absolute Gasteiger partial charge is 0.258 e. The van der Waals surface area contributed by atoms with Crippen LogP contribution in [0.15, 0.2) is 59.5 Å². The summed E-state index contributed by atoms with van der Waals surface area (Å²) in [5, 5.41) is 13.6. The Kier molecular flexibility index (Phi) is 6.11. The van der Waals surface area contributed by atoms with E-state index in [1.807, 2.05) is 24.3 Å². The van der Waals surface area contributed by atoms with Gasteiger partial charge < -0.3 is 19.7 Å². The van der Waals surface area contributed by atoms with Gasteiger partial charge in [-0.25, -0.2) is 0 Å². The van der Waals surface area contributed by atoms with Gasteiger partial charge >= 0.3 is 0 Å². The summed E-state index contributed by atoms with van der Waals surface area (Å²) < 4.78 is 6.79. The lowest BCUT2D eigenvalue weighted by Gasteiger charge is -2.12. The van der Waals surface area contributed by atoms with E-state index >= 15 is 0 Å². The normalized spacial score (nSPS) is 12.0. The van der Waals surface area contributed by atoms with Gasteiger partial charge in [0.15, 0.2) is 0 Å². The van der Waals surface area contributed by atoms with Crippen molar-refractivity contribution in [3.63, 3.8) is 0 Å². The first kappa shape index (κ1) is 19.6. The zero-order valence-corrected chi connectivity index (χ0v) is 16.0. The molecule has 2 N–H and O–H groups in total. The van der Waals surface area contributed by atoms with Gasteiger partial charge in [0, 0.05) is 29.1 Å². The summed E-state index contributed by atoms with van der Waals surface area (Å²) >= 11 is 0. The number of carbonyl (C=O) groups is 1. The maximum atomic E-state index is 12.6. The summed E-state index contributed by atoms with van der Waals surface area (Å²) in [5.74, 6) is 0.630. The molecule has 2 aromatic carbocycles. The Morgan fingerprint density at radius 1 is 1.14 bits per heavy atom. The molecule has 0 aliphatic rings. The third kappa shape index (κ3) is 4.40. The van der Waals surface area contributed by atoms with Gasteiger partial charge in [-0.15, -0.1) is 0 Å². The largest absolute Gasteiger partial charge is 0.496 e. The molecular formula is C22H24N2O4. The molecule has 0 saturated heterocycles. The van der Waals surface area contributed by atoms with Crippen LogP contribution in [0.1, 0.15) is 18.9 Å². The molecule has 1 unspecified atom stereocenters. The third-order valence-electron chi connectivity index (χ3n) is 4.57. The van der Waals surface area contributed by atoms with Crippen molar-refractivity contribution < 1.29 is 14.6 Å². The summed E-state index contributed by atoms with van der Waals surface area (Å²) in [6, 6.07) is 14.6. The van der Waals surface area contributed by atoms with Gasteiger partial charge in [-0.05, 0) is 43.2 Å². The molecule has 0 radical (unpaired) electrons. The van der Waals surface area contributed by atoms with Crippen molar-refractivity contribution in [2.75, 3.05) is 12.4 Å². The lowest BCUT2D eigenvalue weighted by atomic mass is 10.1. The lowest BCUT2D eigenvalue weighted by molar-refractivity contribution is -0.116. The Balaban J connectivity index is 1.77. The summed E-state index contributed by atoms with van der Waals surface area (Å²) in [7, 11) is 1.61. The average Bonchev–Trinajstić information content (AvgIpc) is 2.69. The van der Waals surface area contributed by atoms with Gasteiger partial charge in [0.2, 0.25) is 5.91 Å². The van der Waals surface area contributed by atoms with Crippen LogP contribution in [-0.4, -0.2) is 28.8 Å². The Morgan fingerprint density at radius 2 is 1.93 bits per heavy atom. The van der Waals surface area contributed by atoms with Crippen molar-refractivity contribution in [3.05, 3.63) is 70.6 Å². The van der Waals surface area contributed by atoms with Crippen LogP contribution in [0.2, 0.25) is 0 Å². The Morgan fingerprint density at radius 3 is 2.68 bits per heavy atom. The fraction of sp³-hybridized carbons (Fsp3) is 0.273. The van der Waals surface area contributed by atoms with Crippen molar-refractivity contribution >= 4 is 22.4 Å². The molecule has 6 nitrogen and oxygen atoms in total. The number of ether oxygens (including phenoxy) is 1. The van der Waals surface area contributed by atoms with Crippen LogP contribution in [0.25, 0.3) is 10.8 Å². The molecule has 1 aromatic heterocycles. The van der Waals surface area contributed by atoms with Gasteiger partial charge in [0.1, 0.15) is 5.75 Å². The van der Waals surface area contributed by atoms with Gasteiger partial charge in [0.25, 0.3) is 5.56 Å². The molecule has 0 spiro atoms. The van der Waals surface area contributed by atoms with Crippen LogP contribution in [0.5, 0.6) is 5.75 Å². The van der Waals surface area contributed by atoms with E-state index in [-0.39, 0.29) is 18.0 Å². The minimum atomic E-state index is -0.618. The molecule has 0 aliphatic carbocycles. The maximum Gasteiger partial charge on any atom is 0.258 e. The number of carbonyl (C=O) groups excluding carboxylic acids is 1. The van der Waals surface area contributed by atoms with E-state index in [2.05, 4.69) is 5.32 Å². The number of anilines is 1. The average molecular weight is 380 g/mol. The minimum Gasteiger partial charge on any atom is -0.496 e. The molecular weight excluding hydrogens is 356 g/mol. The summed E-state index contributed by atoms with van der Waals surface area (Å²) in [6.07, 6.45) is 1.88. The number of aromatic nitrogens is 1. The van der Waals surface area contributed by atoms with Crippen LogP contribution < -0.4 is 15.6 Å². The molecule has 0 fully saturated rings. The van der Waals surface area contributed by atoms with Gasteiger partial charge in [-0.2, -0.15) is 0 Å². The van der Waals surface area contributed by atoms with E-state index in [1.165, 1.54) is 4.57 Å². The number of hydrogen-bond acceptors (Lipinski definition) is 4. The van der Waals surface area contributed by atoms with E-state index in [9.17, 15) is 14.7 Å². The predicted molar refractivity (Wildman–Crippen MR) is 110 cm³/mol.